The van der Waals surface area contributed by atoms with Gasteiger partial charge in [-0.25, -0.2) is 0 Å². The average Bonchev–Trinajstić information content (AvgIpc) is 2.91. The van der Waals surface area contributed by atoms with Crippen LogP contribution in [0, 0.1) is 0 Å². The van der Waals surface area contributed by atoms with Crippen molar-refractivity contribution >= 4 is 15.9 Å². The lowest BCUT2D eigenvalue weighted by molar-refractivity contribution is 0.370. The third-order valence-electron chi connectivity index (χ3n) is 2.56. The Bertz CT molecular complexity index is 531. The van der Waals surface area contributed by atoms with Gasteiger partial charge >= 0.3 is 0 Å². The van der Waals surface area contributed by atoms with Crippen molar-refractivity contribution in [1.29, 1.82) is 0 Å². The fraction of sp³-hybridized carbons (Fsp3) is 0.333. The lowest BCUT2D eigenvalue weighted by Gasteiger charge is -2.09. The fourth-order valence-electron chi connectivity index (χ4n) is 1.62. The molecule has 0 fully saturated rings. The highest BCUT2D eigenvalue weighted by Gasteiger charge is 2.08. The molecule has 1 aromatic heterocycles. The monoisotopic (exact) mass is 327 g/mol. The molecule has 0 unspecified atom stereocenters. The molecule has 0 aliphatic carbocycles. The molecule has 1 aromatic carbocycles. The number of hydrogen-bond donors (Lipinski definition) is 2. The molecule has 0 atom stereocenters. The summed E-state index contributed by atoms with van der Waals surface area (Å²) < 4.78 is 10.6. The number of nitrogens with zero attached hydrogens (tertiary/aromatic N) is 2. The number of phenolic OH excluding ortho intramolecular Hbond substituents is 1. The van der Waals surface area contributed by atoms with Gasteiger partial charge in [0.2, 0.25) is 5.89 Å². The van der Waals surface area contributed by atoms with Gasteiger partial charge in [-0.05, 0) is 33.6 Å². The maximum absolute atomic E-state index is 9.70. The second-order valence-electron chi connectivity index (χ2n) is 3.89. The Morgan fingerprint density at radius 2 is 2.32 bits per heavy atom. The van der Waals surface area contributed by atoms with Crippen LogP contribution in [0.5, 0.6) is 11.5 Å². The van der Waals surface area contributed by atoms with Crippen LogP contribution < -0.4 is 10.1 Å². The largest absolute Gasteiger partial charge is 0.503 e. The summed E-state index contributed by atoms with van der Waals surface area (Å²) in [6.07, 6.45) is 2.06. The van der Waals surface area contributed by atoms with Gasteiger partial charge in [-0.3, -0.25) is 0 Å². The molecular formula is C12H14BrN3O3. The smallest absolute Gasteiger partial charge is 0.227 e. The minimum atomic E-state index is 0.108. The van der Waals surface area contributed by atoms with E-state index in [1.807, 2.05) is 6.07 Å². The van der Waals surface area contributed by atoms with Crippen molar-refractivity contribution in [3.8, 4) is 11.5 Å². The van der Waals surface area contributed by atoms with Crippen molar-refractivity contribution in [1.82, 2.24) is 15.5 Å². The first-order valence-corrected chi connectivity index (χ1v) is 6.51. The zero-order valence-corrected chi connectivity index (χ0v) is 12.0. The predicted molar refractivity (Wildman–Crippen MR) is 72.1 cm³/mol. The van der Waals surface area contributed by atoms with E-state index in [4.69, 9.17) is 9.26 Å². The van der Waals surface area contributed by atoms with Gasteiger partial charge in [0.25, 0.3) is 0 Å². The van der Waals surface area contributed by atoms with Crippen LogP contribution in [0.2, 0.25) is 0 Å². The highest BCUT2D eigenvalue weighted by Crippen LogP contribution is 2.35. The molecule has 19 heavy (non-hydrogen) atoms. The van der Waals surface area contributed by atoms with Gasteiger partial charge in [-0.1, -0.05) is 5.16 Å². The lowest BCUT2D eigenvalue weighted by Crippen LogP contribution is -2.16. The van der Waals surface area contributed by atoms with Crippen LogP contribution in [0.4, 0.5) is 0 Å². The predicted octanol–water partition coefficient (Wildman–Crippen LogP) is 1.88. The molecule has 6 nitrogen and oxygen atoms in total. The van der Waals surface area contributed by atoms with Crippen molar-refractivity contribution in [3.63, 3.8) is 0 Å². The Morgan fingerprint density at radius 3 is 3.00 bits per heavy atom. The quantitative estimate of drug-likeness (QED) is 0.788. The molecule has 2 rings (SSSR count). The molecule has 0 saturated carbocycles. The van der Waals surface area contributed by atoms with E-state index >= 15 is 0 Å². The number of phenols is 1. The highest BCUT2D eigenvalue weighted by atomic mass is 79.9. The number of hydrogen-bond acceptors (Lipinski definition) is 6. The number of benzene rings is 1. The molecule has 0 spiro atoms. The van der Waals surface area contributed by atoms with E-state index in [2.05, 4.69) is 31.4 Å². The molecule has 102 valence electrons. The molecule has 0 bridgehead atoms. The van der Waals surface area contributed by atoms with Gasteiger partial charge in [-0.15, -0.1) is 0 Å². The first-order valence-electron chi connectivity index (χ1n) is 5.72. The minimum absolute atomic E-state index is 0.108. The Kier molecular flexibility index (Phi) is 4.75. The second kappa shape index (κ2) is 6.53. The SMILES string of the molecule is COc1cc(CNCCc2ncno2)cc(Br)c1O. The summed E-state index contributed by atoms with van der Waals surface area (Å²) >= 11 is 3.29. The van der Waals surface area contributed by atoms with Gasteiger partial charge < -0.3 is 19.7 Å². The van der Waals surface area contributed by atoms with Crippen LogP contribution in [0.1, 0.15) is 11.5 Å². The number of rotatable bonds is 6. The van der Waals surface area contributed by atoms with Gasteiger partial charge in [0.05, 0.1) is 11.6 Å². The van der Waals surface area contributed by atoms with E-state index in [0.717, 1.165) is 12.1 Å². The summed E-state index contributed by atoms with van der Waals surface area (Å²) in [7, 11) is 1.52. The molecule has 2 N–H and O–H groups in total. The summed E-state index contributed by atoms with van der Waals surface area (Å²) in [6.45, 7) is 1.38. The van der Waals surface area contributed by atoms with Crippen LogP contribution in [0.25, 0.3) is 0 Å². The van der Waals surface area contributed by atoms with Gasteiger partial charge in [0, 0.05) is 19.5 Å². The molecule has 0 saturated heterocycles. The fourth-order valence-corrected chi connectivity index (χ4v) is 2.11. The first kappa shape index (κ1) is 13.8. The van der Waals surface area contributed by atoms with E-state index in [0.29, 0.717) is 29.1 Å². The molecule has 0 radical (unpaired) electrons. The van der Waals surface area contributed by atoms with Crippen molar-refractivity contribution < 1.29 is 14.4 Å². The topological polar surface area (TPSA) is 80.4 Å². The number of aromatic nitrogens is 2. The molecule has 1 heterocycles. The van der Waals surface area contributed by atoms with Gasteiger partial charge in [0.15, 0.2) is 17.8 Å². The van der Waals surface area contributed by atoms with Crippen LogP contribution in [0.3, 0.4) is 0 Å². The molecule has 7 heteroatoms. The molecule has 2 aromatic rings. The van der Waals surface area contributed by atoms with Crippen LogP contribution in [0.15, 0.2) is 27.5 Å². The standard InChI is InChI=1S/C12H14BrN3O3/c1-18-10-5-8(4-9(13)12(10)17)6-14-3-2-11-15-7-16-19-11/h4-5,7,14,17H,2-3,6H2,1H3. The molecule has 0 aliphatic heterocycles. The second-order valence-corrected chi connectivity index (χ2v) is 4.74. The van der Waals surface area contributed by atoms with E-state index in [9.17, 15) is 5.11 Å². The number of ether oxygens (including phenoxy) is 1. The minimum Gasteiger partial charge on any atom is -0.503 e. The van der Waals surface area contributed by atoms with Crippen molar-refractivity contribution in [3.05, 3.63) is 34.4 Å². The third-order valence-corrected chi connectivity index (χ3v) is 3.16. The van der Waals surface area contributed by atoms with Crippen molar-refractivity contribution in [2.45, 2.75) is 13.0 Å². The Balaban J connectivity index is 1.87. The van der Waals surface area contributed by atoms with Crippen LogP contribution in [-0.2, 0) is 13.0 Å². The highest BCUT2D eigenvalue weighted by molar-refractivity contribution is 9.10. The number of nitrogens with one attached hydrogen (secondary N) is 1. The van der Waals surface area contributed by atoms with Gasteiger partial charge in [0.1, 0.15) is 0 Å². The lowest BCUT2D eigenvalue weighted by atomic mass is 10.2. The number of halogens is 1. The summed E-state index contributed by atoms with van der Waals surface area (Å²) in [5, 5.41) is 16.5. The summed E-state index contributed by atoms with van der Waals surface area (Å²) in [5.41, 5.74) is 1.01. The van der Waals surface area contributed by atoms with Crippen molar-refractivity contribution in [2.24, 2.45) is 0 Å². The van der Waals surface area contributed by atoms with Gasteiger partial charge in [-0.2, -0.15) is 4.98 Å². The van der Waals surface area contributed by atoms with Crippen LogP contribution in [-0.4, -0.2) is 28.9 Å². The number of methoxy groups -OCH3 is 1. The number of aromatic hydroxyl groups is 1. The summed E-state index contributed by atoms with van der Waals surface area (Å²) in [6, 6.07) is 3.64. The van der Waals surface area contributed by atoms with E-state index < -0.39 is 0 Å². The Hall–Kier alpha value is -1.60. The van der Waals surface area contributed by atoms with E-state index in [-0.39, 0.29) is 5.75 Å². The molecule has 0 aliphatic rings. The zero-order valence-electron chi connectivity index (χ0n) is 10.4. The zero-order chi connectivity index (χ0) is 13.7. The van der Waals surface area contributed by atoms with Crippen LogP contribution >= 0.6 is 15.9 Å². The normalized spacial score (nSPS) is 10.6. The Labute approximate surface area is 118 Å². The van der Waals surface area contributed by atoms with E-state index in [1.165, 1.54) is 13.4 Å². The molecule has 0 amide bonds. The molecular weight excluding hydrogens is 314 g/mol. The maximum Gasteiger partial charge on any atom is 0.227 e. The average molecular weight is 328 g/mol. The maximum atomic E-state index is 9.70. The van der Waals surface area contributed by atoms with E-state index in [1.54, 1.807) is 6.07 Å². The summed E-state index contributed by atoms with van der Waals surface area (Å²) in [5.74, 6) is 1.16. The Morgan fingerprint density at radius 1 is 1.47 bits per heavy atom. The third kappa shape index (κ3) is 3.68. The first-order chi connectivity index (χ1) is 9.20. The van der Waals surface area contributed by atoms with Crippen molar-refractivity contribution in [2.75, 3.05) is 13.7 Å². The summed E-state index contributed by atoms with van der Waals surface area (Å²) in [4.78, 5) is 3.94.